The van der Waals surface area contributed by atoms with Crippen molar-refractivity contribution in [3.05, 3.63) is 23.3 Å². The standard InChI is InChI=1S/C12H22OS/c1-11(2)5-4-6-12(3)7-9-14-10-8-13/h5,7,13H,4,6,8-10H2,1-3H3/b12-7+. The fourth-order valence-electron chi connectivity index (χ4n) is 1.04. The number of allylic oxidation sites excluding steroid dienone is 3. The Morgan fingerprint density at radius 3 is 2.50 bits per heavy atom. The third-order valence-electron chi connectivity index (χ3n) is 1.88. The Balaban J connectivity index is 3.52. The Morgan fingerprint density at radius 1 is 1.21 bits per heavy atom. The molecular weight excluding hydrogens is 192 g/mol. The molecule has 0 radical (unpaired) electrons. The Labute approximate surface area is 92.3 Å². The highest BCUT2D eigenvalue weighted by atomic mass is 32.2. The van der Waals surface area contributed by atoms with Gasteiger partial charge in [-0.3, -0.25) is 0 Å². The Bertz CT molecular complexity index is 190. The van der Waals surface area contributed by atoms with Gasteiger partial charge in [0, 0.05) is 11.5 Å². The highest BCUT2D eigenvalue weighted by Gasteiger charge is 1.89. The van der Waals surface area contributed by atoms with Crippen LogP contribution in [0, 0.1) is 0 Å². The highest BCUT2D eigenvalue weighted by Crippen LogP contribution is 2.08. The molecule has 0 saturated carbocycles. The van der Waals surface area contributed by atoms with Crippen molar-refractivity contribution in [2.75, 3.05) is 18.1 Å². The van der Waals surface area contributed by atoms with Crippen molar-refractivity contribution in [1.29, 1.82) is 0 Å². The predicted molar refractivity (Wildman–Crippen MR) is 66.8 cm³/mol. The largest absolute Gasteiger partial charge is 0.396 e. The fraction of sp³-hybridized carbons (Fsp3) is 0.667. The molecular formula is C12H22OS. The first-order valence-electron chi connectivity index (χ1n) is 5.14. The molecule has 0 aromatic heterocycles. The summed E-state index contributed by atoms with van der Waals surface area (Å²) in [5, 5.41) is 8.58. The lowest BCUT2D eigenvalue weighted by Gasteiger charge is -1.99. The molecule has 1 N–H and O–H groups in total. The van der Waals surface area contributed by atoms with E-state index in [0.29, 0.717) is 0 Å². The Hall–Kier alpha value is -0.210. The molecule has 0 amide bonds. The van der Waals surface area contributed by atoms with Gasteiger partial charge in [0.1, 0.15) is 0 Å². The summed E-state index contributed by atoms with van der Waals surface area (Å²) in [5.74, 6) is 1.87. The van der Waals surface area contributed by atoms with Crippen molar-refractivity contribution in [2.45, 2.75) is 33.6 Å². The third kappa shape index (κ3) is 9.87. The summed E-state index contributed by atoms with van der Waals surface area (Å²) in [6.07, 6.45) is 6.84. The van der Waals surface area contributed by atoms with Crippen LogP contribution in [0.1, 0.15) is 33.6 Å². The van der Waals surface area contributed by atoms with Crippen LogP contribution in [-0.2, 0) is 0 Å². The highest BCUT2D eigenvalue weighted by molar-refractivity contribution is 7.99. The SMILES string of the molecule is CC(C)=CCC/C(C)=C/CSCCO. The van der Waals surface area contributed by atoms with Crippen LogP contribution in [0.4, 0.5) is 0 Å². The van der Waals surface area contributed by atoms with Gasteiger partial charge in [0.2, 0.25) is 0 Å². The van der Waals surface area contributed by atoms with Crippen LogP contribution in [0.3, 0.4) is 0 Å². The van der Waals surface area contributed by atoms with Crippen LogP contribution in [-0.4, -0.2) is 23.2 Å². The van der Waals surface area contributed by atoms with Gasteiger partial charge in [-0.05, 0) is 33.6 Å². The molecule has 2 heteroatoms. The number of hydrogen-bond acceptors (Lipinski definition) is 2. The molecule has 0 heterocycles. The molecule has 0 rings (SSSR count). The van der Waals surface area contributed by atoms with Gasteiger partial charge >= 0.3 is 0 Å². The van der Waals surface area contributed by atoms with Gasteiger partial charge in [-0.1, -0.05) is 23.3 Å². The first-order valence-corrected chi connectivity index (χ1v) is 6.30. The van der Waals surface area contributed by atoms with Crippen LogP contribution in [0.5, 0.6) is 0 Å². The summed E-state index contributed by atoms with van der Waals surface area (Å²) < 4.78 is 0. The number of aliphatic hydroxyl groups is 1. The van der Waals surface area contributed by atoms with Crippen molar-refractivity contribution >= 4 is 11.8 Å². The summed E-state index contributed by atoms with van der Waals surface area (Å²) in [4.78, 5) is 0. The van der Waals surface area contributed by atoms with Crippen LogP contribution in [0.15, 0.2) is 23.3 Å². The third-order valence-corrected chi connectivity index (χ3v) is 2.75. The van der Waals surface area contributed by atoms with E-state index >= 15 is 0 Å². The zero-order valence-electron chi connectivity index (χ0n) is 9.55. The molecule has 14 heavy (non-hydrogen) atoms. The minimum atomic E-state index is 0.287. The van der Waals surface area contributed by atoms with Gasteiger partial charge in [0.05, 0.1) is 6.61 Å². The normalized spacial score (nSPS) is 11.6. The van der Waals surface area contributed by atoms with Gasteiger partial charge in [-0.15, -0.1) is 0 Å². The number of rotatable bonds is 7. The molecule has 0 aliphatic carbocycles. The molecule has 0 unspecified atom stereocenters. The number of thioether (sulfide) groups is 1. The summed E-state index contributed by atoms with van der Waals surface area (Å²) in [6, 6.07) is 0. The second-order valence-corrected chi connectivity index (χ2v) is 4.82. The molecule has 82 valence electrons. The van der Waals surface area contributed by atoms with Gasteiger partial charge in [0.15, 0.2) is 0 Å². The average molecular weight is 214 g/mol. The quantitative estimate of drug-likeness (QED) is 0.518. The second-order valence-electron chi connectivity index (χ2n) is 3.67. The lowest BCUT2D eigenvalue weighted by molar-refractivity contribution is 0.322. The molecule has 0 bridgehead atoms. The maximum Gasteiger partial charge on any atom is 0.0521 e. The molecule has 0 saturated heterocycles. The predicted octanol–water partition coefficient (Wildman–Crippen LogP) is 3.40. The van der Waals surface area contributed by atoms with Crippen molar-refractivity contribution in [3.63, 3.8) is 0 Å². The molecule has 0 atom stereocenters. The minimum absolute atomic E-state index is 0.287. The first-order chi connectivity index (χ1) is 6.66. The van der Waals surface area contributed by atoms with Gasteiger partial charge < -0.3 is 5.11 Å². The minimum Gasteiger partial charge on any atom is -0.396 e. The van der Waals surface area contributed by atoms with E-state index in [9.17, 15) is 0 Å². The van der Waals surface area contributed by atoms with E-state index < -0.39 is 0 Å². The fourth-order valence-corrected chi connectivity index (χ4v) is 1.74. The van der Waals surface area contributed by atoms with E-state index in [1.807, 2.05) is 0 Å². The first kappa shape index (κ1) is 13.8. The van der Waals surface area contributed by atoms with Gasteiger partial charge in [-0.25, -0.2) is 0 Å². The monoisotopic (exact) mass is 214 g/mol. The van der Waals surface area contributed by atoms with E-state index in [1.165, 1.54) is 11.1 Å². The van der Waals surface area contributed by atoms with Crippen LogP contribution >= 0.6 is 11.8 Å². The van der Waals surface area contributed by atoms with Crippen molar-refractivity contribution < 1.29 is 5.11 Å². The van der Waals surface area contributed by atoms with E-state index in [-0.39, 0.29) is 6.61 Å². The molecule has 0 spiro atoms. The summed E-state index contributed by atoms with van der Waals surface area (Å²) in [7, 11) is 0. The molecule has 0 aromatic rings. The maximum atomic E-state index is 8.58. The summed E-state index contributed by atoms with van der Waals surface area (Å²) in [6.45, 7) is 6.74. The van der Waals surface area contributed by atoms with Crippen molar-refractivity contribution in [3.8, 4) is 0 Å². The van der Waals surface area contributed by atoms with Crippen LogP contribution < -0.4 is 0 Å². The molecule has 0 aliphatic rings. The van der Waals surface area contributed by atoms with Crippen molar-refractivity contribution in [1.82, 2.24) is 0 Å². The van der Waals surface area contributed by atoms with Gasteiger partial charge in [0.25, 0.3) is 0 Å². The molecule has 0 aliphatic heterocycles. The van der Waals surface area contributed by atoms with Crippen molar-refractivity contribution in [2.24, 2.45) is 0 Å². The average Bonchev–Trinajstić information content (AvgIpc) is 2.12. The molecule has 0 fully saturated rings. The van der Waals surface area contributed by atoms with E-state index in [1.54, 1.807) is 11.8 Å². The summed E-state index contributed by atoms with van der Waals surface area (Å²) >= 11 is 1.78. The van der Waals surface area contributed by atoms with E-state index in [2.05, 4.69) is 32.9 Å². The van der Waals surface area contributed by atoms with Crippen LogP contribution in [0.2, 0.25) is 0 Å². The molecule has 0 aromatic carbocycles. The van der Waals surface area contributed by atoms with Crippen LogP contribution in [0.25, 0.3) is 0 Å². The lowest BCUT2D eigenvalue weighted by atomic mass is 10.1. The molecule has 1 nitrogen and oxygen atoms in total. The second kappa shape index (κ2) is 9.35. The van der Waals surface area contributed by atoms with E-state index in [4.69, 9.17) is 5.11 Å². The van der Waals surface area contributed by atoms with Gasteiger partial charge in [-0.2, -0.15) is 11.8 Å². The number of aliphatic hydroxyl groups excluding tert-OH is 1. The summed E-state index contributed by atoms with van der Waals surface area (Å²) in [5.41, 5.74) is 2.85. The number of hydrogen-bond donors (Lipinski definition) is 1. The topological polar surface area (TPSA) is 20.2 Å². The maximum absolute atomic E-state index is 8.58. The van der Waals surface area contributed by atoms with E-state index in [0.717, 1.165) is 24.3 Å². The Kier molecular flexibility index (Phi) is 9.21. The zero-order valence-corrected chi connectivity index (χ0v) is 10.4. The lowest BCUT2D eigenvalue weighted by Crippen LogP contribution is -1.87. The smallest absolute Gasteiger partial charge is 0.0521 e. The Morgan fingerprint density at radius 2 is 1.93 bits per heavy atom. The zero-order chi connectivity index (χ0) is 10.8.